The zero-order chi connectivity index (χ0) is 23.9. The van der Waals surface area contributed by atoms with Crippen LogP contribution < -0.4 is 0 Å². The molecule has 0 N–H and O–H groups in total. The Morgan fingerprint density at radius 3 is 1.69 bits per heavy atom. The molecule has 0 bridgehead atoms. The molecule has 0 aliphatic carbocycles. The van der Waals surface area contributed by atoms with Crippen molar-refractivity contribution >= 4 is 23.5 Å². The lowest BCUT2D eigenvalue weighted by Gasteiger charge is -2.22. The van der Waals surface area contributed by atoms with E-state index in [1.807, 2.05) is 65.8 Å². The van der Waals surface area contributed by atoms with E-state index in [9.17, 15) is 19.2 Å². The summed E-state index contributed by atoms with van der Waals surface area (Å²) in [5.74, 6) is -4.63. The van der Waals surface area contributed by atoms with Crippen LogP contribution in [0.15, 0.2) is 24.3 Å². The fourth-order valence-corrected chi connectivity index (χ4v) is 5.20. The molecule has 2 aromatic carbocycles. The second-order valence-corrected chi connectivity index (χ2v) is 9.20. The molecule has 5 heteroatoms. The first-order chi connectivity index (χ1) is 14.9. The van der Waals surface area contributed by atoms with Gasteiger partial charge in [-0.2, -0.15) is 0 Å². The minimum absolute atomic E-state index is 0.163. The van der Waals surface area contributed by atoms with Gasteiger partial charge in [0.05, 0.1) is 11.8 Å². The molecule has 32 heavy (non-hydrogen) atoms. The smallest absolute Gasteiger partial charge is 0.318 e. The van der Waals surface area contributed by atoms with Crippen LogP contribution in [0.3, 0.4) is 0 Å². The van der Waals surface area contributed by atoms with Crippen molar-refractivity contribution in [1.29, 1.82) is 0 Å². The van der Waals surface area contributed by atoms with E-state index in [2.05, 4.69) is 0 Å². The Labute approximate surface area is 189 Å². The lowest BCUT2D eigenvalue weighted by molar-refractivity contribution is -0.154. The van der Waals surface area contributed by atoms with Crippen LogP contribution in [0.4, 0.5) is 0 Å². The highest BCUT2D eigenvalue weighted by Crippen LogP contribution is 2.36. The Balaban J connectivity index is 1.92. The van der Waals surface area contributed by atoms with Gasteiger partial charge in [0.15, 0.2) is 11.6 Å². The third kappa shape index (κ3) is 4.29. The minimum atomic E-state index is -0.981. The van der Waals surface area contributed by atoms with Crippen molar-refractivity contribution in [3.63, 3.8) is 0 Å². The fraction of sp³-hybridized carbons (Fsp3) is 0.407. The number of ether oxygens (including phenoxy) is 1. The Morgan fingerprint density at radius 2 is 1.22 bits per heavy atom. The standard InChI is InChI=1S/C27H30O5/c1-13-8-15(3)22(16(4)9-13)21(28)12-20-24(27(31)32-26(20)30)19(7)25(29)23-17(5)10-14(2)11-18(23)6/h8-11,19-20,24H,12H2,1-7H3. The van der Waals surface area contributed by atoms with Gasteiger partial charge in [-0.3, -0.25) is 19.2 Å². The normalized spacial score (nSPS) is 19.1. The molecule has 0 saturated carbocycles. The molecule has 2 aromatic rings. The first kappa shape index (κ1) is 23.6. The number of ketones is 2. The summed E-state index contributed by atoms with van der Waals surface area (Å²) in [6.45, 7) is 13.0. The molecular formula is C27H30O5. The molecule has 0 radical (unpaired) electrons. The predicted molar refractivity (Wildman–Crippen MR) is 122 cm³/mol. The SMILES string of the molecule is Cc1cc(C)c(C(=O)CC2C(=O)OC(=O)C2C(C)C(=O)c2c(C)cc(C)cc2C)c(C)c1. The van der Waals surface area contributed by atoms with Crippen LogP contribution in [0, 0.1) is 59.3 Å². The van der Waals surface area contributed by atoms with Crippen LogP contribution in [-0.2, 0) is 14.3 Å². The van der Waals surface area contributed by atoms with Gasteiger partial charge >= 0.3 is 11.9 Å². The molecule has 3 rings (SSSR count). The Bertz CT molecular complexity index is 1090. The first-order valence-corrected chi connectivity index (χ1v) is 10.9. The van der Waals surface area contributed by atoms with E-state index in [0.717, 1.165) is 33.4 Å². The Morgan fingerprint density at radius 1 is 0.781 bits per heavy atom. The van der Waals surface area contributed by atoms with E-state index < -0.39 is 29.7 Å². The van der Waals surface area contributed by atoms with Gasteiger partial charge in [0, 0.05) is 23.5 Å². The second-order valence-electron chi connectivity index (χ2n) is 9.20. The van der Waals surface area contributed by atoms with Gasteiger partial charge in [-0.15, -0.1) is 0 Å². The number of hydrogen-bond donors (Lipinski definition) is 0. The summed E-state index contributed by atoms with van der Waals surface area (Å²) in [6.07, 6.45) is -0.163. The number of hydrogen-bond acceptors (Lipinski definition) is 5. The molecule has 0 spiro atoms. The third-order valence-corrected chi connectivity index (χ3v) is 6.45. The van der Waals surface area contributed by atoms with Crippen LogP contribution in [0.5, 0.6) is 0 Å². The van der Waals surface area contributed by atoms with Gasteiger partial charge in [0.1, 0.15) is 0 Å². The zero-order valence-electron chi connectivity index (χ0n) is 19.8. The maximum atomic E-state index is 13.4. The highest BCUT2D eigenvalue weighted by atomic mass is 16.6. The molecule has 5 nitrogen and oxygen atoms in total. The summed E-state index contributed by atoms with van der Waals surface area (Å²) in [4.78, 5) is 51.6. The average molecular weight is 435 g/mol. The predicted octanol–water partition coefficient (Wildman–Crippen LogP) is 4.94. The Kier molecular flexibility index (Phi) is 6.49. The molecule has 0 aromatic heterocycles. The number of Topliss-reactive ketones (excluding diaryl/α,β-unsaturated/α-hetero) is 2. The first-order valence-electron chi connectivity index (χ1n) is 10.9. The lowest BCUT2D eigenvalue weighted by Crippen LogP contribution is -2.32. The number of esters is 2. The van der Waals surface area contributed by atoms with Gasteiger partial charge in [-0.05, 0) is 63.8 Å². The van der Waals surface area contributed by atoms with Crippen molar-refractivity contribution in [3.05, 3.63) is 68.8 Å². The van der Waals surface area contributed by atoms with Gasteiger partial charge in [-0.25, -0.2) is 0 Å². The summed E-state index contributed by atoms with van der Waals surface area (Å²) >= 11 is 0. The van der Waals surface area contributed by atoms with Crippen molar-refractivity contribution in [2.45, 2.75) is 54.9 Å². The summed E-state index contributed by atoms with van der Waals surface area (Å²) in [5, 5.41) is 0. The van der Waals surface area contributed by atoms with Gasteiger partial charge < -0.3 is 4.74 Å². The van der Waals surface area contributed by atoms with Crippen molar-refractivity contribution in [1.82, 2.24) is 0 Å². The van der Waals surface area contributed by atoms with Crippen LogP contribution in [0.25, 0.3) is 0 Å². The van der Waals surface area contributed by atoms with Crippen molar-refractivity contribution in [3.8, 4) is 0 Å². The molecule has 1 aliphatic rings. The van der Waals surface area contributed by atoms with E-state index in [0.29, 0.717) is 11.1 Å². The van der Waals surface area contributed by atoms with Crippen LogP contribution >= 0.6 is 0 Å². The maximum Gasteiger partial charge on any atom is 0.318 e. The molecule has 3 atom stereocenters. The second kappa shape index (κ2) is 8.81. The van der Waals surface area contributed by atoms with E-state index in [4.69, 9.17) is 4.74 Å². The summed E-state index contributed by atoms with van der Waals surface area (Å²) in [6, 6.07) is 7.69. The largest absolute Gasteiger partial charge is 0.393 e. The summed E-state index contributed by atoms with van der Waals surface area (Å²) in [7, 11) is 0. The number of carbonyl (C=O) groups is 4. The van der Waals surface area contributed by atoms with Crippen molar-refractivity contribution in [2.24, 2.45) is 17.8 Å². The fourth-order valence-electron chi connectivity index (χ4n) is 5.20. The van der Waals surface area contributed by atoms with E-state index in [1.54, 1.807) is 6.92 Å². The maximum absolute atomic E-state index is 13.4. The quantitative estimate of drug-likeness (QED) is 0.365. The van der Waals surface area contributed by atoms with Crippen LogP contribution in [0.1, 0.15) is 67.4 Å². The lowest BCUT2D eigenvalue weighted by atomic mass is 9.76. The summed E-state index contributed by atoms with van der Waals surface area (Å²) < 4.78 is 4.91. The highest BCUT2D eigenvalue weighted by molar-refractivity contribution is 6.07. The van der Waals surface area contributed by atoms with Gasteiger partial charge in [0.2, 0.25) is 0 Å². The van der Waals surface area contributed by atoms with E-state index in [1.165, 1.54) is 0 Å². The van der Waals surface area contributed by atoms with E-state index in [-0.39, 0.29) is 18.0 Å². The highest BCUT2D eigenvalue weighted by Gasteiger charge is 2.50. The zero-order valence-corrected chi connectivity index (χ0v) is 19.8. The number of cyclic esters (lactones) is 2. The van der Waals surface area contributed by atoms with Gasteiger partial charge in [0.25, 0.3) is 0 Å². The van der Waals surface area contributed by atoms with Crippen molar-refractivity contribution in [2.75, 3.05) is 0 Å². The molecule has 1 heterocycles. The average Bonchev–Trinajstić information content (AvgIpc) is 2.92. The van der Waals surface area contributed by atoms with Crippen LogP contribution in [0.2, 0.25) is 0 Å². The third-order valence-electron chi connectivity index (χ3n) is 6.45. The van der Waals surface area contributed by atoms with Gasteiger partial charge in [-0.1, -0.05) is 42.3 Å². The molecule has 1 aliphatic heterocycles. The van der Waals surface area contributed by atoms with Crippen molar-refractivity contribution < 1.29 is 23.9 Å². The Hall–Kier alpha value is -3.08. The molecular weight excluding hydrogens is 404 g/mol. The topological polar surface area (TPSA) is 77.5 Å². The molecule has 0 amide bonds. The monoisotopic (exact) mass is 434 g/mol. The summed E-state index contributed by atoms with van der Waals surface area (Å²) in [5.41, 5.74) is 6.54. The number of aryl methyl sites for hydroxylation is 6. The van der Waals surface area contributed by atoms with Crippen LogP contribution in [-0.4, -0.2) is 23.5 Å². The number of benzene rings is 2. The number of rotatable bonds is 6. The molecule has 1 fully saturated rings. The number of carbonyl (C=O) groups excluding carboxylic acids is 4. The molecule has 3 unspecified atom stereocenters. The minimum Gasteiger partial charge on any atom is -0.393 e. The molecule has 168 valence electrons. The van der Waals surface area contributed by atoms with E-state index >= 15 is 0 Å². The molecule has 1 saturated heterocycles.